The van der Waals surface area contributed by atoms with Crippen LogP contribution in [0.25, 0.3) is 0 Å². The van der Waals surface area contributed by atoms with Crippen LogP contribution in [0.1, 0.15) is 33.1 Å². The number of carbonyl (C=O) groups excluding carboxylic acids is 1. The molecule has 0 fully saturated rings. The first kappa shape index (κ1) is 17.1. The second-order valence-electron chi connectivity index (χ2n) is 3.80. The smallest absolute Gasteiger partial charge is 0.236 e. The normalized spacial score (nSPS) is 13.9. The molecule has 1 amide bonds. The van der Waals surface area contributed by atoms with Gasteiger partial charge in [0.25, 0.3) is 0 Å². The van der Waals surface area contributed by atoms with Crippen LogP contribution in [0.5, 0.6) is 0 Å². The molecule has 15 heavy (non-hydrogen) atoms. The van der Waals surface area contributed by atoms with Gasteiger partial charge in [-0.05, 0) is 25.3 Å². The Morgan fingerprint density at radius 2 is 2.07 bits per heavy atom. The summed E-state index contributed by atoms with van der Waals surface area (Å²) in [4.78, 5) is 11.4. The van der Waals surface area contributed by atoms with Crippen LogP contribution in [-0.2, 0) is 4.79 Å². The minimum Gasteiger partial charge on any atom is -0.354 e. The molecular weight excluding hydrogens is 214 g/mol. The van der Waals surface area contributed by atoms with E-state index >= 15 is 0 Å². The summed E-state index contributed by atoms with van der Waals surface area (Å²) in [7, 11) is 0. The molecule has 5 heteroatoms. The molecule has 2 atom stereocenters. The average molecular weight is 238 g/mol. The lowest BCUT2D eigenvalue weighted by Gasteiger charge is -2.14. The van der Waals surface area contributed by atoms with Gasteiger partial charge in [0.15, 0.2) is 0 Å². The molecule has 0 saturated heterocycles. The zero-order chi connectivity index (χ0) is 11.0. The van der Waals surface area contributed by atoms with Crippen LogP contribution in [0, 0.1) is 5.92 Å². The van der Waals surface area contributed by atoms with Gasteiger partial charge >= 0.3 is 0 Å². The van der Waals surface area contributed by atoms with Crippen molar-refractivity contribution >= 4 is 18.3 Å². The van der Waals surface area contributed by atoms with Crippen LogP contribution < -0.4 is 16.8 Å². The molecule has 0 rings (SSSR count). The molecule has 0 aliphatic heterocycles. The molecule has 0 aliphatic carbocycles. The Morgan fingerprint density at radius 1 is 1.47 bits per heavy atom. The number of halogens is 1. The molecule has 0 saturated carbocycles. The van der Waals surface area contributed by atoms with Crippen molar-refractivity contribution in [3.8, 4) is 0 Å². The molecule has 0 aromatic rings. The van der Waals surface area contributed by atoms with Gasteiger partial charge in [-0.25, -0.2) is 0 Å². The molecular formula is C10H24ClN3O. The molecule has 0 aromatic heterocycles. The van der Waals surface area contributed by atoms with Gasteiger partial charge in [-0.3, -0.25) is 4.79 Å². The Bertz CT molecular complexity index is 167. The predicted molar refractivity (Wildman–Crippen MR) is 66.0 cm³/mol. The van der Waals surface area contributed by atoms with E-state index in [0.717, 1.165) is 12.8 Å². The van der Waals surface area contributed by atoms with E-state index in [1.54, 1.807) is 0 Å². The summed E-state index contributed by atoms with van der Waals surface area (Å²) in [6, 6.07) is -0.400. The fraction of sp³-hybridized carbons (Fsp3) is 0.900. The molecule has 0 spiro atoms. The Kier molecular flexibility index (Phi) is 11.6. The van der Waals surface area contributed by atoms with Crippen molar-refractivity contribution in [3.05, 3.63) is 0 Å². The van der Waals surface area contributed by atoms with E-state index in [1.165, 1.54) is 0 Å². The number of hydrogen-bond acceptors (Lipinski definition) is 3. The predicted octanol–water partition coefficient (Wildman–Crippen LogP) is 0.637. The molecule has 4 nitrogen and oxygen atoms in total. The molecule has 0 bridgehead atoms. The Labute approximate surface area is 98.6 Å². The van der Waals surface area contributed by atoms with Crippen molar-refractivity contribution in [2.75, 3.05) is 13.1 Å². The highest BCUT2D eigenvalue weighted by Crippen LogP contribution is 1.98. The number of nitrogens with one attached hydrogen (secondary N) is 1. The summed E-state index contributed by atoms with van der Waals surface area (Å²) in [6.07, 6.45) is 2.54. The SMILES string of the molecule is CCC(C)CNC(=O)[C@@H](N)CCCN.Cl. The van der Waals surface area contributed by atoms with Crippen molar-refractivity contribution in [3.63, 3.8) is 0 Å². The van der Waals surface area contributed by atoms with E-state index in [9.17, 15) is 4.79 Å². The van der Waals surface area contributed by atoms with Crippen LogP contribution in [0.2, 0.25) is 0 Å². The molecule has 0 aromatic carbocycles. The lowest BCUT2D eigenvalue weighted by molar-refractivity contribution is -0.122. The molecule has 0 aliphatic rings. The molecule has 0 radical (unpaired) electrons. The van der Waals surface area contributed by atoms with Gasteiger partial charge in [0.2, 0.25) is 5.91 Å². The van der Waals surface area contributed by atoms with E-state index in [0.29, 0.717) is 25.4 Å². The largest absolute Gasteiger partial charge is 0.354 e. The summed E-state index contributed by atoms with van der Waals surface area (Å²) in [5.41, 5.74) is 11.0. The average Bonchev–Trinajstić information content (AvgIpc) is 2.21. The summed E-state index contributed by atoms with van der Waals surface area (Å²) < 4.78 is 0. The summed E-state index contributed by atoms with van der Waals surface area (Å²) in [5, 5.41) is 2.84. The monoisotopic (exact) mass is 237 g/mol. The van der Waals surface area contributed by atoms with Crippen LogP contribution in [0.4, 0.5) is 0 Å². The third kappa shape index (κ3) is 8.66. The highest BCUT2D eigenvalue weighted by Gasteiger charge is 2.12. The van der Waals surface area contributed by atoms with Gasteiger partial charge in [0.1, 0.15) is 0 Å². The van der Waals surface area contributed by atoms with Crippen molar-refractivity contribution < 1.29 is 4.79 Å². The number of rotatable bonds is 7. The third-order valence-corrected chi connectivity index (χ3v) is 2.38. The third-order valence-electron chi connectivity index (χ3n) is 2.38. The Morgan fingerprint density at radius 3 is 2.53 bits per heavy atom. The summed E-state index contributed by atoms with van der Waals surface area (Å²) in [5.74, 6) is 0.458. The van der Waals surface area contributed by atoms with Crippen LogP contribution in [0.3, 0.4) is 0 Å². The Balaban J connectivity index is 0. The van der Waals surface area contributed by atoms with Gasteiger partial charge in [-0.1, -0.05) is 20.3 Å². The van der Waals surface area contributed by atoms with E-state index in [2.05, 4.69) is 19.2 Å². The lowest BCUT2D eigenvalue weighted by Crippen LogP contribution is -2.42. The fourth-order valence-electron chi connectivity index (χ4n) is 1.02. The first-order chi connectivity index (χ1) is 6.61. The van der Waals surface area contributed by atoms with Gasteiger partial charge < -0.3 is 16.8 Å². The van der Waals surface area contributed by atoms with Crippen molar-refractivity contribution in [1.82, 2.24) is 5.32 Å². The maximum Gasteiger partial charge on any atom is 0.236 e. The highest BCUT2D eigenvalue weighted by molar-refractivity contribution is 5.85. The van der Waals surface area contributed by atoms with Crippen LogP contribution in [0.15, 0.2) is 0 Å². The summed E-state index contributed by atoms with van der Waals surface area (Å²) in [6.45, 7) is 5.51. The molecule has 92 valence electrons. The maximum atomic E-state index is 11.4. The van der Waals surface area contributed by atoms with Crippen molar-refractivity contribution in [2.24, 2.45) is 17.4 Å². The molecule has 1 unspecified atom stereocenters. The first-order valence-electron chi connectivity index (χ1n) is 5.35. The van der Waals surface area contributed by atoms with E-state index in [1.807, 2.05) is 0 Å². The van der Waals surface area contributed by atoms with Crippen molar-refractivity contribution in [1.29, 1.82) is 0 Å². The second-order valence-corrected chi connectivity index (χ2v) is 3.80. The van der Waals surface area contributed by atoms with Crippen LogP contribution >= 0.6 is 12.4 Å². The first-order valence-corrected chi connectivity index (χ1v) is 5.35. The second kappa shape index (κ2) is 10.2. The number of carbonyl (C=O) groups is 1. The molecule has 5 N–H and O–H groups in total. The lowest BCUT2D eigenvalue weighted by atomic mass is 10.1. The van der Waals surface area contributed by atoms with Gasteiger partial charge in [0, 0.05) is 6.54 Å². The fourth-order valence-corrected chi connectivity index (χ4v) is 1.02. The minimum atomic E-state index is -0.400. The van der Waals surface area contributed by atoms with E-state index < -0.39 is 6.04 Å². The van der Waals surface area contributed by atoms with E-state index in [4.69, 9.17) is 11.5 Å². The van der Waals surface area contributed by atoms with Gasteiger partial charge in [-0.2, -0.15) is 0 Å². The molecule has 0 heterocycles. The van der Waals surface area contributed by atoms with Crippen LogP contribution in [-0.4, -0.2) is 25.0 Å². The Hall–Kier alpha value is -0.320. The zero-order valence-electron chi connectivity index (χ0n) is 9.66. The topological polar surface area (TPSA) is 81.1 Å². The maximum absolute atomic E-state index is 11.4. The van der Waals surface area contributed by atoms with Gasteiger partial charge in [-0.15, -0.1) is 12.4 Å². The van der Waals surface area contributed by atoms with Gasteiger partial charge in [0.05, 0.1) is 6.04 Å². The minimum absolute atomic E-state index is 0. The van der Waals surface area contributed by atoms with Crippen molar-refractivity contribution in [2.45, 2.75) is 39.2 Å². The summed E-state index contributed by atoms with van der Waals surface area (Å²) >= 11 is 0. The number of hydrogen-bond donors (Lipinski definition) is 3. The quantitative estimate of drug-likeness (QED) is 0.608. The van der Waals surface area contributed by atoms with E-state index in [-0.39, 0.29) is 18.3 Å². The zero-order valence-corrected chi connectivity index (χ0v) is 10.5. The standard InChI is InChI=1S/C10H23N3O.ClH/c1-3-8(2)7-13-10(14)9(12)5-4-6-11;/h8-9H,3-7,11-12H2,1-2H3,(H,13,14);1H/t8?,9-;/m0./s1. The number of amides is 1. The number of nitrogens with two attached hydrogens (primary N) is 2. The highest BCUT2D eigenvalue weighted by atomic mass is 35.5.